The fraction of sp³-hybridized carbons (Fsp3) is 1.00. The van der Waals surface area contributed by atoms with Gasteiger partial charge in [0.15, 0.2) is 0 Å². The monoisotopic (exact) mass is 410 g/mol. The van der Waals surface area contributed by atoms with Crippen LogP contribution in [-0.2, 0) is 0 Å². The van der Waals surface area contributed by atoms with E-state index in [9.17, 15) is 5.11 Å². The van der Waals surface area contributed by atoms with Gasteiger partial charge in [-0.2, -0.15) is 0 Å². The lowest BCUT2D eigenvalue weighted by molar-refractivity contribution is 0.148. The summed E-state index contributed by atoms with van der Waals surface area (Å²) in [6.07, 6.45) is 34.5. The van der Waals surface area contributed by atoms with Crippen molar-refractivity contribution in [3.05, 3.63) is 0 Å². The quantitative estimate of drug-likeness (QED) is 0.148. The van der Waals surface area contributed by atoms with Gasteiger partial charge in [0.1, 0.15) is 0 Å². The average molecular weight is 411 g/mol. The van der Waals surface area contributed by atoms with Gasteiger partial charge in [0.25, 0.3) is 0 Å². The zero-order valence-corrected chi connectivity index (χ0v) is 20.7. The molecule has 29 heavy (non-hydrogen) atoms. The van der Waals surface area contributed by atoms with E-state index in [1.165, 1.54) is 148 Å². The molecule has 0 aromatic carbocycles. The standard InChI is InChI=1S/C28H58O/c1-3-5-7-8-9-10-11-12-13-14-15-16-17-18-19-20-21-22-23-24-25-27-28(29)26-6-4-2/h28-29H,3-27H2,1-2H3. The largest absolute Gasteiger partial charge is 0.393 e. The zero-order chi connectivity index (χ0) is 21.3. The molecule has 0 fully saturated rings. The van der Waals surface area contributed by atoms with Crippen molar-refractivity contribution in [2.24, 2.45) is 0 Å². The first-order valence-electron chi connectivity index (χ1n) is 14.0. The number of hydrogen-bond acceptors (Lipinski definition) is 1. The second kappa shape index (κ2) is 26.0. The lowest BCUT2D eigenvalue weighted by Crippen LogP contribution is -2.05. The summed E-state index contributed by atoms with van der Waals surface area (Å²) in [5, 5.41) is 9.84. The van der Waals surface area contributed by atoms with Crippen LogP contribution >= 0.6 is 0 Å². The molecule has 0 rings (SSSR count). The fourth-order valence-electron chi connectivity index (χ4n) is 4.40. The summed E-state index contributed by atoms with van der Waals surface area (Å²) in [7, 11) is 0. The van der Waals surface area contributed by atoms with Crippen LogP contribution in [-0.4, -0.2) is 11.2 Å². The van der Waals surface area contributed by atoms with E-state index in [1.54, 1.807) is 0 Å². The van der Waals surface area contributed by atoms with Crippen LogP contribution in [0.2, 0.25) is 0 Å². The Hall–Kier alpha value is -0.0400. The van der Waals surface area contributed by atoms with Gasteiger partial charge in [-0.25, -0.2) is 0 Å². The van der Waals surface area contributed by atoms with E-state index in [0.29, 0.717) is 0 Å². The molecule has 1 nitrogen and oxygen atoms in total. The number of hydrogen-bond donors (Lipinski definition) is 1. The normalized spacial score (nSPS) is 12.5. The molecule has 1 atom stereocenters. The number of aliphatic hydroxyl groups is 1. The lowest BCUT2D eigenvalue weighted by atomic mass is 10.0. The summed E-state index contributed by atoms with van der Waals surface area (Å²) in [5.74, 6) is 0. The topological polar surface area (TPSA) is 20.2 Å². The van der Waals surface area contributed by atoms with Crippen molar-refractivity contribution < 1.29 is 5.11 Å². The third kappa shape index (κ3) is 25.9. The van der Waals surface area contributed by atoms with Crippen molar-refractivity contribution in [1.82, 2.24) is 0 Å². The molecule has 0 aromatic heterocycles. The smallest absolute Gasteiger partial charge is 0.0540 e. The van der Waals surface area contributed by atoms with E-state index in [4.69, 9.17) is 0 Å². The molecule has 1 heteroatoms. The molecule has 1 N–H and O–H groups in total. The van der Waals surface area contributed by atoms with Crippen LogP contribution in [0, 0.1) is 0 Å². The summed E-state index contributed by atoms with van der Waals surface area (Å²) >= 11 is 0. The molecule has 1 unspecified atom stereocenters. The highest BCUT2D eigenvalue weighted by Crippen LogP contribution is 2.16. The molecule has 0 amide bonds. The Morgan fingerprint density at radius 3 is 0.897 bits per heavy atom. The van der Waals surface area contributed by atoms with Crippen molar-refractivity contribution in [3.63, 3.8) is 0 Å². The second-order valence-electron chi connectivity index (χ2n) is 9.66. The van der Waals surface area contributed by atoms with Crippen molar-refractivity contribution in [2.75, 3.05) is 0 Å². The number of aliphatic hydroxyl groups excluding tert-OH is 1. The van der Waals surface area contributed by atoms with Crippen LogP contribution < -0.4 is 0 Å². The molecular formula is C28H58O. The van der Waals surface area contributed by atoms with Gasteiger partial charge >= 0.3 is 0 Å². The Balaban J connectivity index is 3.03. The fourth-order valence-corrected chi connectivity index (χ4v) is 4.40. The number of rotatable bonds is 25. The van der Waals surface area contributed by atoms with E-state index in [2.05, 4.69) is 13.8 Å². The first-order valence-corrected chi connectivity index (χ1v) is 14.0. The average Bonchev–Trinajstić information content (AvgIpc) is 2.73. The molecule has 0 radical (unpaired) electrons. The lowest BCUT2D eigenvalue weighted by Gasteiger charge is -2.09. The molecule has 0 aliphatic rings. The van der Waals surface area contributed by atoms with Crippen molar-refractivity contribution >= 4 is 0 Å². The van der Waals surface area contributed by atoms with E-state index in [1.807, 2.05) is 0 Å². The van der Waals surface area contributed by atoms with Gasteiger partial charge in [-0.05, 0) is 12.8 Å². The third-order valence-corrected chi connectivity index (χ3v) is 6.53. The summed E-state index contributed by atoms with van der Waals surface area (Å²) in [6, 6.07) is 0. The van der Waals surface area contributed by atoms with Gasteiger partial charge in [0.05, 0.1) is 6.10 Å². The van der Waals surface area contributed by atoms with Crippen LogP contribution in [0.4, 0.5) is 0 Å². The van der Waals surface area contributed by atoms with Crippen LogP contribution in [0.1, 0.15) is 174 Å². The zero-order valence-electron chi connectivity index (χ0n) is 20.7. The minimum absolute atomic E-state index is 0.0322. The van der Waals surface area contributed by atoms with Crippen LogP contribution in [0.25, 0.3) is 0 Å². The molecule has 0 saturated carbocycles. The Kier molecular flexibility index (Phi) is 26.0. The van der Waals surface area contributed by atoms with E-state index in [-0.39, 0.29) is 6.10 Å². The molecule has 0 aromatic rings. The SMILES string of the molecule is CCCCCCCCCCCCCCCCCCCCCCCC(O)CCCC. The van der Waals surface area contributed by atoms with E-state index >= 15 is 0 Å². The van der Waals surface area contributed by atoms with Gasteiger partial charge in [-0.3, -0.25) is 0 Å². The minimum atomic E-state index is -0.0322. The van der Waals surface area contributed by atoms with Crippen LogP contribution in [0.3, 0.4) is 0 Å². The summed E-state index contributed by atoms with van der Waals surface area (Å²) in [5.41, 5.74) is 0. The second-order valence-corrected chi connectivity index (χ2v) is 9.66. The maximum absolute atomic E-state index is 9.84. The van der Waals surface area contributed by atoms with Gasteiger partial charge in [0, 0.05) is 0 Å². The molecule has 0 bridgehead atoms. The van der Waals surface area contributed by atoms with Gasteiger partial charge in [-0.1, -0.05) is 162 Å². The summed E-state index contributed by atoms with van der Waals surface area (Å²) < 4.78 is 0. The molecule has 176 valence electrons. The predicted octanol–water partition coefficient (Wildman–Crippen LogP) is 10.1. The van der Waals surface area contributed by atoms with Gasteiger partial charge < -0.3 is 5.11 Å². The van der Waals surface area contributed by atoms with Crippen molar-refractivity contribution in [1.29, 1.82) is 0 Å². The van der Waals surface area contributed by atoms with Crippen LogP contribution in [0.15, 0.2) is 0 Å². The van der Waals surface area contributed by atoms with E-state index < -0.39 is 0 Å². The Labute approximate surface area is 185 Å². The van der Waals surface area contributed by atoms with Crippen LogP contribution in [0.5, 0.6) is 0 Å². The highest BCUT2D eigenvalue weighted by atomic mass is 16.3. The Morgan fingerprint density at radius 1 is 0.345 bits per heavy atom. The van der Waals surface area contributed by atoms with Crippen molar-refractivity contribution in [3.8, 4) is 0 Å². The summed E-state index contributed by atoms with van der Waals surface area (Å²) in [4.78, 5) is 0. The third-order valence-electron chi connectivity index (χ3n) is 6.53. The maximum Gasteiger partial charge on any atom is 0.0540 e. The summed E-state index contributed by atoms with van der Waals surface area (Å²) in [6.45, 7) is 4.50. The first-order chi connectivity index (χ1) is 14.3. The molecule has 0 aliphatic heterocycles. The highest BCUT2D eigenvalue weighted by molar-refractivity contribution is 4.56. The predicted molar refractivity (Wildman–Crippen MR) is 133 cm³/mol. The van der Waals surface area contributed by atoms with Gasteiger partial charge in [-0.15, -0.1) is 0 Å². The molecule has 0 spiro atoms. The molecular weight excluding hydrogens is 352 g/mol. The van der Waals surface area contributed by atoms with Crippen molar-refractivity contribution in [2.45, 2.75) is 180 Å². The molecule has 0 aliphatic carbocycles. The Morgan fingerprint density at radius 2 is 0.586 bits per heavy atom. The van der Waals surface area contributed by atoms with E-state index in [0.717, 1.165) is 12.8 Å². The highest BCUT2D eigenvalue weighted by Gasteiger charge is 2.02. The molecule has 0 saturated heterocycles. The molecule has 0 heterocycles. The van der Waals surface area contributed by atoms with Gasteiger partial charge in [0.2, 0.25) is 0 Å². The Bertz CT molecular complexity index is 275. The number of unbranched alkanes of at least 4 members (excludes halogenated alkanes) is 21. The maximum atomic E-state index is 9.84. The minimum Gasteiger partial charge on any atom is -0.393 e. The first kappa shape index (κ1) is 29.0.